The first-order valence-electron chi connectivity index (χ1n) is 6.59. The number of amides is 1. The number of para-hydroxylation sites is 2. The summed E-state index contributed by atoms with van der Waals surface area (Å²) >= 11 is 0. The number of ether oxygens (including phenoxy) is 1. The molecule has 110 valence electrons. The maximum atomic E-state index is 13.1. The number of halogens is 1. The molecule has 0 bridgehead atoms. The second-order valence-corrected chi connectivity index (χ2v) is 4.65. The van der Waals surface area contributed by atoms with Gasteiger partial charge in [0.1, 0.15) is 11.6 Å². The number of carbonyl (C=O) groups is 1. The summed E-state index contributed by atoms with van der Waals surface area (Å²) in [4.78, 5) is 11.8. The highest BCUT2D eigenvalue weighted by Crippen LogP contribution is 2.20. The van der Waals surface area contributed by atoms with Crippen LogP contribution < -0.4 is 15.8 Å². The Morgan fingerprint density at radius 1 is 1.29 bits per heavy atom. The highest BCUT2D eigenvalue weighted by atomic mass is 19.1. The van der Waals surface area contributed by atoms with Crippen molar-refractivity contribution in [2.45, 2.75) is 13.3 Å². The minimum Gasteiger partial charge on any atom is -0.491 e. The molecule has 2 aromatic carbocycles. The van der Waals surface area contributed by atoms with Crippen LogP contribution in [0.1, 0.15) is 12.0 Å². The summed E-state index contributed by atoms with van der Waals surface area (Å²) in [5, 5.41) is 2.69. The topological polar surface area (TPSA) is 64.3 Å². The van der Waals surface area contributed by atoms with Crippen molar-refractivity contribution in [2.75, 3.05) is 17.7 Å². The van der Waals surface area contributed by atoms with Gasteiger partial charge in [0, 0.05) is 5.69 Å². The lowest BCUT2D eigenvalue weighted by Gasteiger charge is -2.09. The fourth-order valence-corrected chi connectivity index (χ4v) is 1.81. The largest absolute Gasteiger partial charge is 0.491 e. The van der Waals surface area contributed by atoms with Gasteiger partial charge in [0.2, 0.25) is 5.91 Å². The minimum absolute atomic E-state index is 0.185. The number of hydrogen-bond donors (Lipinski definition) is 2. The molecular formula is C16H17FN2O2. The Morgan fingerprint density at radius 2 is 2.05 bits per heavy atom. The molecule has 2 aromatic rings. The first kappa shape index (κ1) is 14.8. The summed E-state index contributed by atoms with van der Waals surface area (Å²) in [5.74, 6) is 0.0642. The summed E-state index contributed by atoms with van der Waals surface area (Å²) in [6.45, 7) is 1.87. The average molecular weight is 288 g/mol. The SMILES string of the molecule is Cc1cc(NC(=O)CCOc2ccccc2N)ccc1F. The first-order chi connectivity index (χ1) is 10.1. The number of nitrogen functional groups attached to an aromatic ring is 1. The van der Waals surface area contributed by atoms with Gasteiger partial charge >= 0.3 is 0 Å². The van der Waals surface area contributed by atoms with Crippen molar-refractivity contribution >= 4 is 17.3 Å². The van der Waals surface area contributed by atoms with Crippen LogP contribution in [-0.4, -0.2) is 12.5 Å². The lowest BCUT2D eigenvalue weighted by molar-refractivity contribution is -0.116. The van der Waals surface area contributed by atoms with Crippen LogP contribution in [0.5, 0.6) is 5.75 Å². The van der Waals surface area contributed by atoms with Crippen LogP contribution in [0.15, 0.2) is 42.5 Å². The van der Waals surface area contributed by atoms with E-state index in [1.54, 1.807) is 25.1 Å². The fraction of sp³-hybridized carbons (Fsp3) is 0.188. The predicted octanol–water partition coefficient (Wildman–Crippen LogP) is 3.12. The highest BCUT2D eigenvalue weighted by Gasteiger charge is 2.06. The van der Waals surface area contributed by atoms with Gasteiger partial charge in [0.25, 0.3) is 0 Å². The molecule has 0 heterocycles. The van der Waals surface area contributed by atoms with Gasteiger partial charge in [-0.3, -0.25) is 4.79 Å². The Labute approximate surface area is 122 Å². The number of nitrogens with two attached hydrogens (primary N) is 1. The van der Waals surface area contributed by atoms with Crippen molar-refractivity contribution in [3.8, 4) is 5.75 Å². The van der Waals surface area contributed by atoms with Gasteiger partial charge in [-0.25, -0.2) is 4.39 Å². The van der Waals surface area contributed by atoms with E-state index in [9.17, 15) is 9.18 Å². The standard InChI is InChI=1S/C16H17FN2O2/c1-11-10-12(6-7-13(11)17)19-16(20)8-9-21-15-5-3-2-4-14(15)18/h2-7,10H,8-9,18H2,1H3,(H,19,20). The number of aryl methyl sites for hydroxylation is 1. The Hall–Kier alpha value is -2.56. The van der Waals surface area contributed by atoms with E-state index in [0.717, 1.165) is 0 Å². The molecule has 0 aliphatic rings. The third-order valence-corrected chi connectivity index (χ3v) is 2.95. The number of carbonyl (C=O) groups excluding carboxylic acids is 1. The molecule has 0 spiro atoms. The molecule has 0 aromatic heterocycles. The van der Waals surface area contributed by atoms with Gasteiger partial charge in [0.15, 0.2) is 0 Å². The van der Waals surface area contributed by atoms with E-state index in [1.165, 1.54) is 12.1 Å². The Morgan fingerprint density at radius 3 is 2.76 bits per heavy atom. The zero-order valence-corrected chi connectivity index (χ0v) is 11.7. The van der Waals surface area contributed by atoms with Crippen LogP contribution in [0.2, 0.25) is 0 Å². The quantitative estimate of drug-likeness (QED) is 0.831. The van der Waals surface area contributed by atoms with Gasteiger partial charge in [-0.15, -0.1) is 0 Å². The summed E-state index contributed by atoms with van der Waals surface area (Å²) < 4.78 is 18.6. The average Bonchev–Trinajstić information content (AvgIpc) is 2.45. The third-order valence-electron chi connectivity index (χ3n) is 2.95. The first-order valence-corrected chi connectivity index (χ1v) is 6.59. The molecule has 5 heteroatoms. The summed E-state index contributed by atoms with van der Waals surface area (Å²) in [6, 6.07) is 11.5. The van der Waals surface area contributed by atoms with E-state index in [4.69, 9.17) is 10.5 Å². The molecule has 21 heavy (non-hydrogen) atoms. The van der Waals surface area contributed by atoms with Crippen LogP contribution in [0.4, 0.5) is 15.8 Å². The molecule has 2 rings (SSSR count). The van der Waals surface area contributed by atoms with Crippen molar-refractivity contribution in [2.24, 2.45) is 0 Å². The van der Waals surface area contributed by atoms with Gasteiger partial charge in [-0.05, 0) is 42.8 Å². The lowest BCUT2D eigenvalue weighted by atomic mass is 10.2. The minimum atomic E-state index is -0.295. The van der Waals surface area contributed by atoms with E-state index in [-0.39, 0.29) is 24.8 Å². The molecule has 0 aliphatic heterocycles. The van der Waals surface area contributed by atoms with Crippen LogP contribution in [0, 0.1) is 12.7 Å². The Kier molecular flexibility index (Phi) is 4.77. The molecule has 0 unspecified atom stereocenters. The molecule has 0 saturated carbocycles. The molecule has 4 nitrogen and oxygen atoms in total. The molecule has 3 N–H and O–H groups in total. The Bertz CT molecular complexity index is 644. The van der Waals surface area contributed by atoms with E-state index < -0.39 is 0 Å². The van der Waals surface area contributed by atoms with Crippen molar-refractivity contribution in [1.29, 1.82) is 0 Å². The zero-order chi connectivity index (χ0) is 15.2. The monoisotopic (exact) mass is 288 g/mol. The highest BCUT2D eigenvalue weighted by molar-refractivity contribution is 5.90. The number of rotatable bonds is 5. The smallest absolute Gasteiger partial charge is 0.227 e. The molecule has 0 saturated heterocycles. The van der Waals surface area contributed by atoms with E-state index >= 15 is 0 Å². The molecule has 0 atom stereocenters. The van der Waals surface area contributed by atoms with Crippen molar-refractivity contribution in [1.82, 2.24) is 0 Å². The van der Waals surface area contributed by atoms with Crippen molar-refractivity contribution in [3.05, 3.63) is 53.8 Å². The zero-order valence-electron chi connectivity index (χ0n) is 11.7. The van der Waals surface area contributed by atoms with E-state index in [0.29, 0.717) is 22.7 Å². The van der Waals surface area contributed by atoms with Gasteiger partial charge in [-0.2, -0.15) is 0 Å². The van der Waals surface area contributed by atoms with Crippen LogP contribution in [0.25, 0.3) is 0 Å². The van der Waals surface area contributed by atoms with Crippen LogP contribution in [-0.2, 0) is 4.79 Å². The molecule has 0 radical (unpaired) electrons. The summed E-state index contributed by atoms with van der Waals surface area (Å²) in [7, 11) is 0. The fourth-order valence-electron chi connectivity index (χ4n) is 1.81. The normalized spacial score (nSPS) is 10.2. The number of nitrogens with one attached hydrogen (secondary N) is 1. The molecule has 1 amide bonds. The second-order valence-electron chi connectivity index (χ2n) is 4.65. The predicted molar refractivity (Wildman–Crippen MR) is 80.7 cm³/mol. The number of anilines is 2. The molecule has 0 fully saturated rings. The van der Waals surface area contributed by atoms with Gasteiger partial charge in [-0.1, -0.05) is 12.1 Å². The summed E-state index contributed by atoms with van der Waals surface area (Å²) in [5.41, 5.74) is 7.32. The lowest BCUT2D eigenvalue weighted by Crippen LogP contribution is -2.15. The third kappa shape index (κ3) is 4.21. The molecular weight excluding hydrogens is 271 g/mol. The van der Waals surface area contributed by atoms with Crippen LogP contribution in [0.3, 0.4) is 0 Å². The van der Waals surface area contributed by atoms with Crippen LogP contribution >= 0.6 is 0 Å². The Balaban J connectivity index is 1.82. The van der Waals surface area contributed by atoms with Crippen molar-refractivity contribution in [3.63, 3.8) is 0 Å². The summed E-state index contributed by atoms with van der Waals surface area (Å²) in [6.07, 6.45) is 0.185. The van der Waals surface area contributed by atoms with E-state index in [2.05, 4.69) is 5.32 Å². The van der Waals surface area contributed by atoms with Gasteiger partial charge < -0.3 is 15.8 Å². The van der Waals surface area contributed by atoms with Gasteiger partial charge in [0.05, 0.1) is 18.7 Å². The number of hydrogen-bond acceptors (Lipinski definition) is 3. The maximum Gasteiger partial charge on any atom is 0.227 e. The second kappa shape index (κ2) is 6.74. The maximum absolute atomic E-state index is 13.1. The number of benzene rings is 2. The van der Waals surface area contributed by atoms with Crippen molar-refractivity contribution < 1.29 is 13.9 Å². The van der Waals surface area contributed by atoms with E-state index in [1.807, 2.05) is 12.1 Å². The molecule has 0 aliphatic carbocycles.